The van der Waals surface area contributed by atoms with Crippen molar-refractivity contribution in [2.75, 3.05) is 12.4 Å². The number of hydrogen-bond donors (Lipinski definition) is 1. The number of pyridine rings is 4. The molecule has 0 saturated heterocycles. The number of methoxy groups -OCH3 is 1. The first-order chi connectivity index (χ1) is 25.7. The Hall–Kier alpha value is -5.91. The van der Waals surface area contributed by atoms with E-state index in [4.69, 9.17) is 0 Å². The van der Waals surface area contributed by atoms with Crippen LogP contribution in [0.25, 0.3) is 44.3 Å². The number of hydrogen-bond acceptors (Lipinski definition) is 7. The number of esters is 1. The van der Waals surface area contributed by atoms with Gasteiger partial charge in [-0.2, -0.15) is 0 Å². The second-order valence-corrected chi connectivity index (χ2v) is 11.2. The predicted molar refractivity (Wildman–Crippen MR) is 193 cm³/mol. The molecule has 0 fully saturated rings. The molecule has 0 unspecified atom stereocenters. The van der Waals surface area contributed by atoms with Crippen molar-refractivity contribution in [1.29, 1.82) is 0 Å². The fraction of sp³-hybridized carbons (Fsp3) is 0.122. The van der Waals surface area contributed by atoms with Crippen molar-refractivity contribution in [3.05, 3.63) is 151 Å². The Balaban J connectivity index is 0.000000192. The van der Waals surface area contributed by atoms with Crippen LogP contribution < -0.4 is 5.32 Å². The van der Waals surface area contributed by atoms with Crippen LogP contribution in [0.3, 0.4) is 0 Å². The maximum atomic E-state index is 13.2. The predicted octanol–water partition coefficient (Wildman–Crippen LogP) is 9.11. The van der Waals surface area contributed by atoms with Crippen LogP contribution in [0.2, 0.25) is 0 Å². The zero-order valence-corrected chi connectivity index (χ0v) is 31.1. The average Bonchev–Trinajstić information content (AvgIpc) is 3.18. The third-order valence-electron chi connectivity index (χ3n) is 7.56. The molecule has 1 N–H and O–H groups in total. The maximum Gasteiger partial charge on any atom is 0.305 e. The summed E-state index contributed by atoms with van der Waals surface area (Å²) >= 11 is 0. The minimum atomic E-state index is -0.649. The van der Waals surface area contributed by atoms with Gasteiger partial charge in [-0.25, -0.2) is 0 Å². The number of nitrogens with one attached hydrogen (secondary N) is 1. The summed E-state index contributed by atoms with van der Waals surface area (Å²) in [7, 11) is 1.36. The van der Waals surface area contributed by atoms with Gasteiger partial charge in [0, 0.05) is 91.8 Å². The SMILES string of the molecule is COC(=O)CCCCC(=O)Nc1cc2cccnc2c2ncccc12.Fc1c[c-]c(-c2ccccn2)c(F)c1.Fc1c[c-]c(-c2ccccn2)c(F)c1.[Ir]. The average molecular weight is 910 g/mol. The molecule has 1 amide bonds. The molecule has 4 heterocycles. The van der Waals surface area contributed by atoms with E-state index in [2.05, 4.69) is 42.1 Å². The van der Waals surface area contributed by atoms with Gasteiger partial charge in [-0.1, -0.05) is 53.6 Å². The number of ether oxygens (including phenoxy) is 1. The van der Waals surface area contributed by atoms with Crippen molar-refractivity contribution >= 4 is 39.4 Å². The molecule has 4 aromatic heterocycles. The van der Waals surface area contributed by atoms with Crippen LogP contribution >= 0.6 is 0 Å². The molecule has 7 rings (SSSR count). The Kier molecular flexibility index (Phi) is 15.4. The molecule has 0 spiro atoms. The molecule has 0 saturated carbocycles. The smallest absolute Gasteiger partial charge is 0.305 e. The van der Waals surface area contributed by atoms with Crippen LogP contribution in [0.15, 0.2) is 116 Å². The summed E-state index contributed by atoms with van der Waals surface area (Å²) in [6.45, 7) is 0. The Morgan fingerprint density at radius 2 is 1.20 bits per heavy atom. The van der Waals surface area contributed by atoms with E-state index in [1.54, 1.807) is 61.2 Å². The number of anilines is 1. The van der Waals surface area contributed by atoms with E-state index in [0.29, 0.717) is 37.1 Å². The molecule has 0 aliphatic carbocycles. The Morgan fingerprint density at radius 1 is 0.667 bits per heavy atom. The van der Waals surface area contributed by atoms with Gasteiger partial charge in [0.05, 0.1) is 23.8 Å². The van der Waals surface area contributed by atoms with Crippen molar-refractivity contribution < 1.29 is 52.0 Å². The minimum Gasteiger partial charge on any atom is -0.469 e. The number of nitrogens with zero attached hydrogens (tertiary/aromatic N) is 4. The first-order valence-corrected chi connectivity index (χ1v) is 16.3. The molecule has 13 heteroatoms. The van der Waals surface area contributed by atoms with Gasteiger partial charge in [0.2, 0.25) is 5.91 Å². The monoisotopic (exact) mass is 910 g/mol. The van der Waals surface area contributed by atoms with E-state index in [1.165, 1.54) is 7.11 Å². The van der Waals surface area contributed by atoms with Crippen molar-refractivity contribution in [1.82, 2.24) is 19.9 Å². The number of aromatic nitrogens is 4. The second kappa shape index (κ2) is 20.4. The van der Waals surface area contributed by atoms with E-state index in [9.17, 15) is 27.2 Å². The van der Waals surface area contributed by atoms with E-state index in [0.717, 1.165) is 51.8 Å². The first-order valence-electron chi connectivity index (χ1n) is 16.3. The van der Waals surface area contributed by atoms with E-state index < -0.39 is 23.3 Å². The van der Waals surface area contributed by atoms with E-state index >= 15 is 0 Å². The van der Waals surface area contributed by atoms with Crippen molar-refractivity contribution in [2.24, 2.45) is 0 Å². The Bertz CT molecular complexity index is 2230. The number of halogens is 4. The first kappa shape index (κ1) is 40.9. The summed E-state index contributed by atoms with van der Waals surface area (Å²) in [5.41, 5.74) is 3.58. The van der Waals surface area contributed by atoms with Crippen molar-refractivity contribution in [3.63, 3.8) is 0 Å². The van der Waals surface area contributed by atoms with Crippen LogP contribution in [0, 0.1) is 35.4 Å². The molecule has 8 nitrogen and oxygen atoms in total. The summed E-state index contributed by atoms with van der Waals surface area (Å²) in [5.74, 6) is -2.91. The fourth-order valence-electron chi connectivity index (χ4n) is 5.05. The quantitative estimate of drug-likeness (QED) is 0.0533. The second-order valence-electron chi connectivity index (χ2n) is 11.2. The van der Waals surface area contributed by atoms with Crippen molar-refractivity contribution in [3.8, 4) is 22.5 Å². The summed E-state index contributed by atoms with van der Waals surface area (Å²) in [6.07, 6.45) is 8.49. The van der Waals surface area contributed by atoms with Crippen LogP contribution in [-0.2, 0) is 34.4 Å². The standard InChI is InChI=1S/C19H19N3O3.2C11H6F2N.Ir/c1-25-17(24)9-3-2-8-16(23)22-15-12-13-6-4-10-20-18(13)19-14(15)7-5-11-21-19;2*12-8-4-5-9(10(13)7-8)11-3-1-2-6-14-11;/h4-7,10-12H,2-3,8-9H2,1H3,(H,22,23);2*1-4,6-7H;/q;2*-1;. The Labute approximate surface area is 322 Å². The molecule has 0 aliphatic heterocycles. The molecule has 7 aromatic rings. The van der Waals surface area contributed by atoms with Gasteiger partial charge in [-0.05, 0) is 60.6 Å². The fourth-order valence-corrected chi connectivity index (χ4v) is 5.05. The molecule has 0 atom stereocenters. The van der Waals surface area contributed by atoms with Crippen LogP contribution in [0.5, 0.6) is 0 Å². The van der Waals surface area contributed by atoms with Gasteiger partial charge < -0.3 is 20.0 Å². The largest absolute Gasteiger partial charge is 0.469 e. The zero-order valence-electron chi connectivity index (χ0n) is 28.7. The number of benzene rings is 3. The number of carbonyl (C=O) groups is 2. The van der Waals surface area contributed by atoms with Crippen LogP contribution in [0.4, 0.5) is 23.2 Å². The molecule has 1 radical (unpaired) electrons. The number of fused-ring (bicyclic) bond motifs is 3. The van der Waals surface area contributed by atoms with Gasteiger partial charge in [0.1, 0.15) is 0 Å². The summed E-state index contributed by atoms with van der Waals surface area (Å²) in [6, 6.07) is 28.5. The summed E-state index contributed by atoms with van der Waals surface area (Å²) < 4.78 is 56.2. The van der Waals surface area contributed by atoms with E-state index in [-0.39, 0.29) is 43.1 Å². The van der Waals surface area contributed by atoms with Crippen LogP contribution in [-0.4, -0.2) is 38.9 Å². The maximum absolute atomic E-state index is 13.2. The van der Waals surface area contributed by atoms with Gasteiger partial charge in [-0.15, -0.1) is 24.3 Å². The Morgan fingerprint density at radius 3 is 1.74 bits per heavy atom. The molecular formula is C41H31F4IrN5O3-2. The normalized spacial score (nSPS) is 10.2. The molecular weight excluding hydrogens is 879 g/mol. The van der Waals surface area contributed by atoms with Gasteiger partial charge in [-0.3, -0.25) is 37.1 Å². The van der Waals surface area contributed by atoms with Crippen molar-refractivity contribution in [2.45, 2.75) is 25.7 Å². The molecule has 54 heavy (non-hydrogen) atoms. The van der Waals surface area contributed by atoms with Gasteiger partial charge in [0.25, 0.3) is 0 Å². The topological polar surface area (TPSA) is 107 Å². The number of carbonyl (C=O) groups excluding carboxylic acids is 2. The third-order valence-corrected chi connectivity index (χ3v) is 7.56. The summed E-state index contributed by atoms with van der Waals surface area (Å²) in [4.78, 5) is 40.0. The molecule has 0 bridgehead atoms. The third kappa shape index (κ3) is 11.3. The zero-order chi connectivity index (χ0) is 37.6. The van der Waals surface area contributed by atoms with Gasteiger partial charge >= 0.3 is 5.97 Å². The van der Waals surface area contributed by atoms with Crippen LogP contribution in [0.1, 0.15) is 25.7 Å². The number of rotatable bonds is 8. The number of unbranched alkanes of at least 4 members (excludes halogenated alkanes) is 1. The molecule has 0 aliphatic rings. The molecule has 3 aromatic carbocycles. The minimum absolute atomic E-state index is 0. The van der Waals surface area contributed by atoms with Gasteiger partial charge in [0.15, 0.2) is 0 Å². The molecule has 277 valence electrons. The number of amides is 1. The summed E-state index contributed by atoms with van der Waals surface area (Å²) in [5, 5.41) is 4.74. The van der Waals surface area contributed by atoms with E-state index in [1.807, 2.05) is 30.3 Å².